The molecule has 0 bridgehead atoms. The van der Waals surface area contributed by atoms with Crippen molar-refractivity contribution >= 4 is 0 Å². The van der Waals surface area contributed by atoms with Crippen molar-refractivity contribution in [3.63, 3.8) is 0 Å². The lowest BCUT2D eigenvalue weighted by Gasteiger charge is -2.28. The highest BCUT2D eigenvalue weighted by molar-refractivity contribution is 5.49. The molecule has 0 unspecified atom stereocenters. The van der Waals surface area contributed by atoms with E-state index in [1.165, 1.54) is 108 Å². The van der Waals surface area contributed by atoms with Crippen molar-refractivity contribution in [3.8, 4) is 5.75 Å². The van der Waals surface area contributed by atoms with Crippen LogP contribution < -0.4 is 5.32 Å². The van der Waals surface area contributed by atoms with Gasteiger partial charge in [0.25, 0.3) is 0 Å². The molecule has 0 atom stereocenters. The van der Waals surface area contributed by atoms with Gasteiger partial charge in [0, 0.05) is 0 Å². The van der Waals surface area contributed by atoms with Gasteiger partial charge in [-0.1, -0.05) is 157 Å². The van der Waals surface area contributed by atoms with E-state index in [0.717, 1.165) is 37.1 Å². The fraction of sp³-hybridized carbons (Fsp3) is 0.829. The molecule has 0 aliphatic rings. The van der Waals surface area contributed by atoms with Crippen LogP contribution in [-0.2, 0) is 17.3 Å². The predicted molar refractivity (Wildman–Crippen MR) is 166 cm³/mol. The molecular formula is C35H65NO. The molecular weight excluding hydrogens is 450 g/mol. The van der Waals surface area contributed by atoms with Crippen molar-refractivity contribution in [3.05, 3.63) is 28.8 Å². The van der Waals surface area contributed by atoms with Gasteiger partial charge in [-0.25, -0.2) is 0 Å². The Morgan fingerprint density at radius 3 is 1.27 bits per heavy atom. The second kappa shape index (κ2) is 19.1. The van der Waals surface area contributed by atoms with E-state index in [-0.39, 0.29) is 10.8 Å². The van der Waals surface area contributed by atoms with E-state index in [2.05, 4.69) is 65.9 Å². The van der Waals surface area contributed by atoms with Crippen molar-refractivity contribution in [1.29, 1.82) is 0 Å². The van der Waals surface area contributed by atoms with Gasteiger partial charge in [0.1, 0.15) is 5.75 Å². The molecule has 1 rings (SSSR count). The van der Waals surface area contributed by atoms with Crippen LogP contribution in [0.15, 0.2) is 12.1 Å². The van der Waals surface area contributed by atoms with Crippen LogP contribution >= 0.6 is 0 Å². The van der Waals surface area contributed by atoms with Crippen molar-refractivity contribution in [2.24, 2.45) is 0 Å². The second-order valence-electron chi connectivity index (χ2n) is 13.7. The monoisotopic (exact) mass is 516 g/mol. The van der Waals surface area contributed by atoms with Gasteiger partial charge >= 0.3 is 0 Å². The van der Waals surface area contributed by atoms with Gasteiger partial charge in [-0.15, -0.1) is 0 Å². The molecule has 0 amide bonds. The minimum absolute atomic E-state index is 0.0500. The Kier molecular flexibility index (Phi) is 17.6. The fourth-order valence-electron chi connectivity index (χ4n) is 5.32. The molecule has 0 aliphatic carbocycles. The Hall–Kier alpha value is -1.02. The third-order valence-electron chi connectivity index (χ3n) is 7.81. The van der Waals surface area contributed by atoms with E-state index < -0.39 is 0 Å². The zero-order valence-electron chi connectivity index (χ0n) is 26.2. The molecule has 0 heterocycles. The van der Waals surface area contributed by atoms with Gasteiger partial charge in [0.05, 0.1) is 0 Å². The zero-order chi connectivity index (χ0) is 27.6. The molecule has 2 nitrogen and oxygen atoms in total. The topological polar surface area (TPSA) is 32.3 Å². The minimum atomic E-state index is -0.0500. The number of nitrogens with one attached hydrogen (secondary N) is 1. The van der Waals surface area contributed by atoms with Gasteiger partial charge in [0.2, 0.25) is 0 Å². The summed E-state index contributed by atoms with van der Waals surface area (Å²) in [4.78, 5) is 0. The first-order valence-corrected chi connectivity index (χ1v) is 16.1. The molecule has 0 radical (unpaired) electrons. The molecule has 0 saturated heterocycles. The molecule has 2 heteroatoms. The number of unbranched alkanes of at least 4 members (excludes halogenated alkanes) is 15. The largest absolute Gasteiger partial charge is 0.507 e. The standard InChI is InChI=1S/C35H65NO/c1-8-9-10-11-12-13-14-15-16-17-18-19-20-21-22-23-26-36-27-24-25-30-28-31(34(2,3)4)33(37)32(29-30)35(5,6)7/h28-29,36-37H,8-27H2,1-7H3. The van der Waals surface area contributed by atoms with Crippen LogP contribution in [-0.4, -0.2) is 18.2 Å². The van der Waals surface area contributed by atoms with Crippen LogP contribution in [0.3, 0.4) is 0 Å². The SMILES string of the molecule is CCCCCCCCCCCCCCCCCCNCCCc1cc(C(C)(C)C)c(O)c(C(C)(C)C)c1. The number of aromatic hydroxyl groups is 1. The Morgan fingerprint density at radius 1 is 0.541 bits per heavy atom. The average Bonchev–Trinajstić information content (AvgIpc) is 2.82. The molecule has 0 aromatic heterocycles. The van der Waals surface area contributed by atoms with Crippen LogP contribution in [0.4, 0.5) is 0 Å². The summed E-state index contributed by atoms with van der Waals surface area (Å²) >= 11 is 0. The third kappa shape index (κ3) is 15.9. The lowest BCUT2D eigenvalue weighted by molar-refractivity contribution is 0.422. The summed E-state index contributed by atoms with van der Waals surface area (Å²) < 4.78 is 0. The van der Waals surface area contributed by atoms with E-state index >= 15 is 0 Å². The Morgan fingerprint density at radius 2 is 0.892 bits per heavy atom. The first-order chi connectivity index (χ1) is 17.6. The van der Waals surface area contributed by atoms with Crippen LogP contribution in [0.2, 0.25) is 0 Å². The van der Waals surface area contributed by atoms with Crippen molar-refractivity contribution in [1.82, 2.24) is 5.32 Å². The van der Waals surface area contributed by atoms with Crippen LogP contribution in [0.1, 0.15) is 174 Å². The van der Waals surface area contributed by atoms with E-state index in [4.69, 9.17) is 0 Å². The predicted octanol–water partition coefficient (Wildman–Crippen LogP) is 10.8. The first kappa shape index (κ1) is 34.0. The van der Waals surface area contributed by atoms with Gasteiger partial charge in [0.15, 0.2) is 0 Å². The highest BCUT2D eigenvalue weighted by Crippen LogP contribution is 2.40. The second-order valence-corrected chi connectivity index (χ2v) is 13.7. The third-order valence-corrected chi connectivity index (χ3v) is 7.81. The average molecular weight is 516 g/mol. The van der Waals surface area contributed by atoms with Crippen molar-refractivity contribution in [2.45, 2.75) is 175 Å². The summed E-state index contributed by atoms with van der Waals surface area (Å²) in [6.07, 6.45) is 25.0. The maximum absolute atomic E-state index is 10.9. The summed E-state index contributed by atoms with van der Waals surface area (Å²) in [7, 11) is 0. The quantitative estimate of drug-likeness (QED) is 0.160. The molecule has 37 heavy (non-hydrogen) atoms. The highest BCUT2D eigenvalue weighted by atomic mass is 16.3. The number of benzene rings is 1. The normalized spacial score (nSPS) is 12.4. The maximum Gasteiger partial charge on any atom is 0.123 e. The lowest BCUT2D eigenvalue weighted by Crippen LogP contribution is -2.19. The smallest absolute Gasteiger partial charge is 0.123 e. The number of phenols is 1. The van der Waals surface area contributed by atoms with Gasteiger partial charge in [-0.2, -0.15) is 0 Å². The van der Waals surface area contributed by atoms with Gasteiger partial charge in [-0.3, -0.25) is 0 Å². The molecule has 216 valence electrons. The van der Waals surface area contributed by atoms with Crippen LogP contribution in [0.25, 0.3) is 0 Å². The summed E-state index contributed by atoms with van der Waals surface area (Å²) in [6.45, 7) is 17.7. The molecule has 2 N–H and O–H groups in total. The summed E-state index contributed by atoms with van der Waals surface area (Å²) in [6, 6.07) is 4.47. The molecule has 0 aliphatic heterocycles. The van der Waals surface area contributed by atoms with E-state index in [1.54, 1.807) is 0 Å². The van der Waals surface area contributed by atoms with Crippen molar-refractivity contribution < 1.29 is 5.11 Å². The highest BCUT2D eigenvalue weighted by Gasteiger charge is 2.26. The first-order valence-electron chi connectivity index (χ1n) is 16.1. The number of aryl methyl sites for hydroxylation is 1. The van der Waals surface area contributed by atoms with E-state index in [0.29, 0.717) is 5.75 Å². The van der Waals surface area contributed by atoms with Gasteiger partial charge in [-0.05, 0) is 59.9 Å². The lowest BCUT2D eigenvalue weighted by atomic mass is 9.78. The summed E-state index contributed by atoms with van der Waals surface area (Å²) in [5.74, 6) is 0.491. The molecule has 0 fully saturated rings. The molecule has 0 saturated carbocycles. The maximum atomic E-state index is 10.9. The Balaban J connectivity index is 2.05. The van der Waals surface area contributed by atoms with E-state index in [1.807, 2.05) is 0 Å². The molecule has 0 spiro atoms. The zero-order valence-corrected chi connectivity index (χ0v) is 26.2. The van der Waals surface area contributed by atoms with Crippen LogP contribution in [0.5, 0.6) is 5.75 Å². The number of rotatable bonds is 21. The summed E-state index contributed by atoms with van der Waals surface area (Å²) in [5, 5.41) is 14.6. The minimum Gasteiger partial charge on any atom is -0.507 e. The fourth-order valence-corrected chi connectivity index (χ4v) is 5.32. The summed E-state index contributed by atoms with van der Waals surface area (Å²) in [5.41, 5.74) is 3.42. The Bertz CT molecular complexity index is 659. The van der Waals surface area contributed by atoms with Gasteiger partial charge < -0.3 is 10.4 Å². The van der Waals surface area contributed by atoms with Crippen molar-refractivity contribution in [2.75, 3.05) is 13.1 Å². The van der Waals surface area contributed by atoms with Crippen LogP contribution in [0, 0.1) is 0 Å². The number of phenolic OH excluding ortho intramolecular Hbond substituents is 1. The molecule has 1 aromatic rings. The number of hydrogen-bond donors (Lipinski definition) is 2. The molecule has 1 aromatic carbocycles. The Labute approximate surface area is 232 Å². The van der Waals surface area contributed by atoms with E-state index in [9.17, 15) is 5.11 Å². The number of hydrogen-bond acceptors (Lipinski definition) is 2.